The van der Waals surface area contributed by atoms with Crippen LogP contribution in [0.25, 0.3) is 17.2 Å². The fourth-order valence-electron chi connectivity index (χ4n) is 5.26. The standard InChI is InChI=1S/C31H41N6O/c1-21(17-28-31(3,4)24-19-23(20-35-22(2)32)14-15-25(24)36(28)5)18-30-37(16-10-6-7-13-29(33)34)26-11-8-9-12-27(26)38-30/h8-9,11-12,14-15,17-19H,6-7,10,13,16,20H2,1-5H3,(H2,32,35)(H3,33,34)/q+1. The minimum atomic E-state index is -0.156. The summed E-state index contributed by atoms with van der Waals surface area (Å²) in [5, 5.41) is 7.44. The number of likely N-dealkylation sites (N-methyl/N-ethyl adjacent to an activating group) is 1. The molecule has 5 N–H and O–H groups in total. The highest BCUT2D eigenvalue weighted by Gasteiger charge is 2.38. The number of oxazole rings is 1. The van der Waals surface area contributed by atoms with Crippen molar-refractivity contribution in [1.29, 1.82) is 5.41 Å². The Kier molecular flexibility index (Phi) is 8.05. The number of unbranched alkanes of at least 4 members (excludes halogenated alkanes) is 2. The first-order valence-corrected chi connectivity index (χ1v) is 13.4. The molecular formula is C31H41N6O+. The van der Waals surface area contributed by atoms with Crippen LogP contribution in [-0.2, 0) is 18.5 Å². The van der Waals surface area contributed by atoms with E-state index in [2.05, 4.69) is 78.7 Å². The molecule has 0 fully saturated rings. The van der Waals surface area contributed by atoms with Gasteiger partial charge in [0.1, 0.15) is 0 Å². The summed E-state index contributed by atoms with van der Waals surface area (Å²) < 4.78 is 8.56. The maximum atomic E-state index is 7.44. The highest BCUT2D eigenvalue weighted by atomic mass is 16.3. The van der Waals surface area contributed by atoms with Crippen LogP contribution in [0.3, 0.4) is 0 Å². The minimum absolute atomic E-state index is 0.156. The normalized spacial score (nSPS) is 16.4. The van der Waals surface area contributed by atoms with Gasteiger partial charge >= 0.3 is 5.89 Å². The molecule has 0 radical (unpaired) electrons. The molecule has 0 atom stereocenters. The number of fused-ring (bicyclic) bond motifs is 2. The molecule has 0 bridgehead atoms. The Bertz CT molecular complexity index is 1420. The van der Waals surface area contributed by atoms with E-state index in [1.807, 2.05) is 25.1 Å². The highest BCUT2D eigenvalue weighted by molar-refractivity contribution is 5.77. The highest BCUT2D eigenvalue weighted by Crippen LogP contribution is 2.47. The summed E-state index contributed by atoms with van der Waals surface area (Å²) in [4.78, 5) is 6.68. The number of nitrogens with one attached hydrogen (secondary N) is 1. The number of hydrogen-bond acceptors (Lipinski definition) is 4. The Hall–Kier alpha value is -3.87. The second-order valence-corrected chi connectivity index (χ2v) is 10.8. The molecule has 7 nitrogen and oxygen atoms in total. The molecule has 2 heterocycles. The summed E-state index contributed by atoms with van der Waals surface area (Å²) in [6.45, 7) is 9.95. The van der Waals surface area contributed by atoms with E-state index in [1.165, 1.54) is 16.9 Å². The molecule has 1 aliphatic heterocycles. The van der Waals surface area contributed by atoms with Crippen molar-refractivity contribution in [2.45, 2.75) is 71.9 Å². The number of anilines is 1. The molecule has 1 aromatic heterocycles. The average molecular weight is 514 g/mol. The van der Waals surface area contributed by atoms with Crippen LogP contribution in [0.5, 0.6) is 0 Å². The van der Waals surface area contributed by atoms with Crippen LogP contribution in [0.1, 0.15) is 70.4 Å². The topological polar surface area (TPSA) is 109 Å². The first kappa shape index (κ1) is 27.2. The van der Waals surface area contributed by atoms with E-state index in [0.29, 0.717) is 18.8 Å². The second-order valence-electron chi connectivity index (χ2n) is 10.8. The van der Waals surface area contributed by atoms with E-state index in [-0.39, 0.29) is 11.3 Å². The number of aromatic nitrogens is 1. The van der Waals surface area contributed by atoms with Crippen molar-refractivity contribution in [2.24, 2.45) is 16.5 Å². The monoisotopic (exact) mass is 513 g/mol. The molecule has 0 saturated heterocycles. The third kappa shape index (κ3) is 5.82. The van der Waals surface area contributed by atoms with Gasteiger partial charge in [-0.05, 0) is 61.6 Å². The molecule has 0 saturated carbocycles. The number of amidine groups is 2. The molecule has 0 amide bonds. The molecular weight excluding hydrogens is 472 g/mol. The van der Waals surface area contributed by atoms with E-state index >= 15 is 0 Å². The number of nitrogens with zero attached hydrogens (tertiary/aromatic N) is 3. The number of hydrogen-bond donors (Lipinski definition) is 3. The van der Waals surface area contributed by atoms with Gasteiger partial charge < -0.3 is 20.8 Å². The van der Waals surface area contributed by atoms with Crippen LogP contribution in [0, 0.1) is 5.41 Å². The lowest BCUT2D eigenvalue weighted by Crippen LogP contribution is -2.35. The van der Waals surface area contributed by atoms with E-state index in [9.17, 15) is 0 Å². The number of aliphatic imine (C=N–C) groups is 1. The third-order valence-corrected chi connectivity index (χ3v) is 7.29. The first-order chi connectivity index (χ1) is 18.1. The Morgan fingerprint density at radius 1 is 1.11 bits per heavy atom. The largest absolute Gasteiger partial charge is 0.398 e. The van der Waals surface area contributed by atoms with Crippen molar-refractivity contribution >= 4 is 34.5 Å². The Labute approximate surface area is 226 Å². The summed E-state index contributed by atoms with van der Waals surface area (Å²) in [7, 11) is 2.14. The number of nitrogens with two attached hydrogens (primary N) is 2. The molecule has 1 aliphatic rings. The zero-order chi connectivity index (χ0) is 27.4. The number of benzene rings is 2. The van der Waals surface area contributed by atoms with Crippen LogP contribution in [0.15, 0.2) is 69.2 Å². The van der Waals surface area contributed by atoms with Gasteiger partial charge in [-0.3, -0.25) is 10.4 Å². The number of para-hydroxylation sites is 2. The van der Waals surface area contributed by atoms with Gasteiger partial charge in [0.15, 0.2) is 6.54 Å². The van der Waals surface area contributed by atoms with Crippen molar-refractivity contribution in [3.8, 4) is 0 Å². The summed E-state index contributed by atoms with van der Waals surface area (Å²) in [6, 6.07) is 14.8. The molecule has 0 spiro atoms. The smallest absolute Gasteiger partial charge is 0.374 e. The van der Waals surface area contributed by atoms with Crippen LogP contribution in [0.4, 0.5) is 5.69 Å². The Balaban J connectivity index is 1.62. The van der Waals surface area contributed by atoms with Gasteiger partial charge in [0.25, 0.3) is 5.52 Å². The van der Waals surface area contributed by atoms with Crippen LogP contribution in [0.2, 0.25) is 0 Å². The summed E-state index contributed by atoms with van der Waals surface area (Å²) >= 11 is 0. The van der Waals surface area contributed by atoms with E-state index in [0.717, 1.165) is 53.9 Å². The third-order valence-electron chi connectivity index (χ3n) is 7.29. The van der Waals surface area contributed by atoms with E-state index < -0.39 is 0 Å². The van der Waals surface area contributed by atoms with Crippen molar-refractivity contribution in [1.82, 2.24) is 0 Å². The molecule has 38 heavy (non-hydrogen) atoms. The van der Waals surface area contributed by atoms with Gasteiger partial charge in [-0.15, -0.1) is 0 Å². The average Bonchev–Trinajstić information content (AvgIpc) is 3.29. The molecule has 0 unspecified atom stereocenters. The molecule has 7 heteroatoms. The number of allylic oxidation sites excluding steroid dienone is 3. The predicted molar refractivity (Wildman–Crippen MR) is 157 cm³/mol. The number of rotatable bonds is 10. The maximum Gasteiger partial charge on any atom is 0.374 e. The fourth-order valence-corrected chi connectivity index (χ4v) is 5.26. The lowest BCUT2D eigenvalue weighted by molar-refractivity contribution is -0.678. The maximum absolute atomic E-state index is 7.44. The second kappa shape index (κ2) is 11.3. The molecule has 0 aliphatic carbocycles. The van der Waals surface area contributed by atoms with E-state index in [4.69, 9.17) is 21.3 Å². The fraction of sp³-hybridized carbons (Fsp3) is 0.387. The van der Waals surface area contributed by atoms with Gasteiger partial charge in [0.05, 0.1) is 24.3 Å². The number of aryl methyl sites for hydroxylation is 1. The minimum Gasteiger partial charge on any atom is -0.398 e. The van der Waals surface area contributed by atoms with E-state index in [1.54, 1.807) is 0 Å². The predicted octanol–water partition coefficient (Wildman–Crippen LogP) is 5.81. The van der Waals surface area contributed by atoms with Crippen LogP contribution >= 0.6 is 0 Å². The molecule has 4 rings (SSSR count). The quantitative estimate of drug-likeness (QED) is 0.138. The Morgan fingerprint density at radius 2 is 1.87 bits per heavy atom. The molecule has 2 aromatic carbocycles. The zero-order valence-corrected chi connectivity index (χ0v) is 23.3. The zero-order valence-electron chi connectivity index (χ0n) is 23.3. The van der Waals surface area contributed by atoms with Gasteiger partial charge in [-0.25, -0.2) is 0 Å². The molecule has 3 aromatic rings. The summed E-state index contributed by atoms with van der Waals surface area (Å²) in [6.07, 6.45) is 8.02. The van der Waals surface area contributed by atoms with Crippen molar-refractivity contribution in [2.75, 3.05) is 11.9 Å². The van der Waals surface area contributed by atoms with Crippen molar-refractivity contribution < 1.29 is 8.98 Å². The van der Waals surface area contributed by atoms with Crippen molar-refractivity contribution in [3.63, 3.8) is 0 Å². The summed E-state index contributed by atoms with van der Waals surface area (Å²) in [5.41, 5.74) is 19.1. The first-order valence-electron chi connectivity index (χ1n) is 13.4. The van der Waals surface area contributed by atoms with Crippen molar-refractivity contribution in [3.05, 3.63) is 76.8 Å². The SMILES string of the molecule is CC(=Cc1oc2ccccc2[n+]1CCCCCC(=N)N)C=C1N(C)c2ccc(CN=C(C)N)cc2C1(C)C. The Morgan fingerprint density at radius 3 is 2.61 bits per heavy atom. The molecule has 200 valence electrons. The van der Waals surface area contributed by atoms with Gasteiger partial charge in [-0.2, -0.15) is 4.57 Å². The lowest BCUT2D eigenvalue weighted by Gasteiger charge is -2.24. The van der Waals surface area contributed by atoms with Gasteiger partial charge in [0.2, 0.25) is 5.58 Å². The van der Waals surface area contributed by atoms with Crippen LogP contribution in [-0.4, -0.2) is 18.7 Å². The van der Waals surface area contributed by atoms with Crippen LogP contribution < -0.4 is 20.9 Å². The lowest BCUT2D eigenvalue weighted by atomic mass is 9.82. The van der Waals surface area contributed by atoms with Gasteiger partial charge in [-0.1, -0.05) is 38.1 Å². The summed E-state index contributed by atoms with van der Waals surface area (Å²) in [5.74, 6) is 1.71. The van der Waals surface area contributed by atoms with Gasteiger partial charge in [0, 0.05) is 42.8 Å².